The van der Waals surface area contributed by atoms with E-state index in [1.807, 2.05) is 30.3 Å². The summed E-state index contributed by atoms with van der Waals surface area (Å²) in [5.74, 6) is 0.387. The molecule has 0 aliphatic carbocycles. The van der Waals surface area contributed by atoms with Gasteiger partial charge in [-0.2, -0.15) is 0 Å². The van der Waals surface area contributed by atoms with E-state index in [4.69, 9.17) is 11.6 Å². The average molecular weight is 294 g/mol. The third-order valence-corrected chi connectivity index (χ3v) is 3.39. The SMILES string of the molecule is Cc1cc(Cl)nc(NC(=O)CSc2ccccc2)n1. The Balaban J connectivity index is 1.91. The minimum Gasteiger partial charge on any atom is -0.294 e. The Hall–Kier alpha value is -1.59. The Labute approximate surface area is 120 Å². The maximum Gasteiger partial charge on any atom is 0.237 e. The number of hydrogen-bond donors (Lipinski definition) is 1. The summed E-state index contributed by atoms with van der Waals surface area (Å²) in [6.07, 6.45) is 0. The number of nitrogens with zero attached hydrogens (tertiary/aromatic N) is 2. The van der Waals surface area contributed by atoms with Gasteiger partial charge in [0.1, 0.15) is 5.15 Å². The molecule has 6 heteroatoms. The second kappa shape index (κ2) is 6.54. The Morgan fingerprint density at radius 2 is 2.05 bits per heavy atom. The van der Waals surface area contributed by atoms with Gasteiger partial charge in [-0.15, -0.1) is 11.8 Å². The zero-order chi connectivity index (χ0) is 13.7. The molecule has 4 nitrogen and oxygen atoms in total. The molecule has 98 valence electrons. The summed E-state index contributed by atoms with van der Waals surface area (Å²) in [5.41, 5.74) is 0.714. The lowest BCUT2D eigenvalue weighted by molar-refractivity contribution is -0.113. The van der Waals surface area contributed by atoms with E-state index >= 15 is 0 Å². The number of benzene rings is 1. The van der Waals surface area contributed by atoms with E-state index in [1.54, 1.807) is 13.0 Å². The largest absolute Gasteiger partial charge is 0.294 e. The number of aryl methyl sites for hydroxylation is 1. The van der Waals surface area contributed by atoms with Crippen molar-refractivity contribution in [2.45, 2.75) is 11.8 Å². The normalized spacial score (nSPS) is 10.2. The summed E-state index contributed by atoms with van der Waals surface area (Å²) >= 11 is 7.25. The molecule has 2 rings (SSSR count). The van der Waals surface area contributed by atoms with Gasteiger partial charge < -0.3 is 0 Å². The Kier molecular flexibility index (Phi) is 4.76. The van der Waals surface area contributed by atoms with Crippen molar-refractivity contribution in [1.29, 1.82) is 0 Å². The van der Waals surface area contributed by atoms with E-state index in [-0.39, 0.29) is 11.9 Å². The first-order chi connectivity index (χ1) is 9.13. The molecule has 0 bridgehead atoms. The molecule has 19 heavy (non-hydrogen) atoms. The summed E-state index contributed by atoms with van der Waals surface area (Å²) in [4.78, 5) is 20.8. The highest BCUT2D eigenvalue weighted by Crippen LogP contribution is 2.17. The number of anilines is 1. The van der Waals surface area contributed by atoms with Gasteiger partial charge in [-0.05, 0) is 25.1 Å². The molecule has 0 saturated heterocycles. The van der Waals surface area contributed by atoms with Crippen molar-refractivity contribution in [3.63, 3.8) is 0 Å². The molecule has 1 aromatic carbocycles. The molecular formula is C13H12ClN3OS. The second-order valence-corrected chi connectivity index (χ2v) is 5.24. The van der Waals surface area contributed by atoms with Crippen molar-refractivity contribution in [2.24, 2.45) is 0 Å². The van der Waals surface area contributed by atoms with Gasteiger partial charge in [0.25, 0.3) is 0 Å². The van der Waals surface area contributed by atoms with Crippen LogP contribution in [0, 0.1) is 6.92 Å². The molecule has 0 atom stereocenters. The molecule has 1 aromatic heterocycles. The predicted octanol–water partition coefficient (Wildman–Crippen LogP) is 3.17. The van der Waals surface area contributed by atoms with Gasteiger partial charge in [-0.3, -0.25) is 10.1 Å². The van der Waals surface area contributed by atoms with Crippen LogP contribution in [0.4, 0.5) is 5.95 Å². The standard InChI is InChI=1S/C13H12ClN3OS/c1-9-7-11(14)16-13(15-9)17-12(18)8-19-10-5-3-2-4-6-10/h2-7H,8H2,1H3,(H,15,16,17,18). The number of rotatable bonds is 4. The van der Waals surface area contributed by atoms with E-state index in [0.717, 1.165) is 4.90 Å². The number of nitrogens with one attached hydrogen (secondary N) is 1. The first-order valence-corrected chi connectivity index (χ1v) is 6.99. The van der Waals surface area contributed by atoms with Crippen LogP contribution in [0.25, 0.3) is 0 Å². The number of aromatic nitrogens is 2. The zero-order valence-corrected chi connectivity index (χ0v) is 11.8. The zero-order valence-electron chi connectivity index (χ0n) is 10.3. The molecule has 1 N–H and O–H groups in total. The molecule has 0 unspecified atom stereocenters. The summed E-state index contributed by atoms with van der Waals surface area (Å²) in [7, 11) is 0. The Morgan fingerprint density at radius 1 is 1.32 bits per heavy atom. The van der Waals surface area contributed by atoms with Gasteiger partial charge in [0.15, 0.2) is 0 Å². The van der Waals surface area contributed by atoms with Crippen LogP contribution < -0.4 is 5.32 Å². The third-order valence-electron chi connectivity index (χ3n) is 2.19. The van der Waals surface area contributed by atoms with Crippen LogP contribution in [0.1, 0.15) is 5.69 Å². The first-order valence-electron chi connectivity index (χ1n) is 5.62. The Morgan fingerprint density at radius 3 is 2.74 bits per heavy atom. The van der Waals surface area contributed by atoms with Gasteiger partial charge in [0, 0.05) is 10.6 Å². The fourth-order valence-electron chi connectivity index (χ4n) is 1.41. The Bertz CT molecular complexity index is 557. The number of carbonyl (C=O) groups excluding carboxylic acids is 1. The molecule has 0 aliphatic rings. The van der Waals surface area contributed by atoms with Crippen molar-refractivity contribution in [3.8, 4) is 0 Å². The molecule has 0 spiro atoms. The van der Waals surface area contributed by atoms with Crippen LogP contribution in [-0.4, -0.2) is 21.6 Å². The van der Waals surface area contributed by atoms with Crippen molar-refractivity contribution in [1.82, 2.24) is 9.97 Å². The van der Waals surface area contributed by atoms with E-state index < -0.39 is 0 Å². The van der Waals surface area contributed by atoms with Crippen LogP contribution in [-0.2, 0) is 4.79 Å². The number of carbonyl (C=O) groups is 1. The number of hydrogen-bond acceptors (Lipinski definition) is 4. The quantitative estimate of drug-likeness (QED) is 0.695. The maximum atomic E-state index is 11.8. The molecule has 0 saturated carbocycles. The smallest absolute Gasteiger partial charge is 0.237 e. The first kappa shape index (κ1) is 13.8. The molecule has 1 amide bonds. The van der Waals surface area contributed by atoms with Gasteiger partial charge >= 0.3 is 0 Å². The van der Waals surface area contributed by atoms with E-state index in [9.17, 15) is 4.79 Å². The molecular weight excluding hydrogens is 282 g/mol. The fourth-order valence-corrected chi connectivity index (χ4v) is 2.37. The topological polar surface area (TPSA) is 54.9 Å². The minimum atomic E-state index is -0.157. The number of halogens is 1. The molecule has 1 heterocycles. The van der Waals surface area contributed by atoms with Crippen LogP contribution in [0.15, 0.2) is 41.3 Å². The van der Waals surface area contributed by atoms with Crippen LogP contribution >= 0.6 is 23.4 Å². The van der Waals surface area contributed by atoms with Gasteiger partial charge in [0.2, 0.25) is 11.9 Å². The van der Waals surface area contributed by atoms with Crippen molar-refractivity contribution < 1.29 is 4.79 Å². The van der Waals surface area contributed by atoms with Gasteiger partial charge in [-0.1, -0.05) is 29.8 Å². The van der Waals surface area contributed by atoms with Crippen molar-refractivity contribution in [2.75, 3.05) is 11.1 Å². The fraction of sp³-hybridized carbons (Fsp3) is 0.154. The third kappa shape index (κ3) is 4.54. The highest BCUT2D eigenvalue weighted by molar-refractivity contribution is 8.00. The van der Waals surface area contributed by atoms with Crippen LogP contribution in [0.3, 0.4) is 0 Å². The monoisotopic (exact) mass is 293 g/mol. The predicted molar refractivity (Wildman–Crippen MR) is 77.6 cm³/mol. The summed E-state index contributed by atoms with van der Waals surface area (Å²) in [5, 5.41) is 2.95. The molecule has 0 radical (unpaired) electrons. The van der Waals surface area contributed by atoms with Crippen molar-refractivity contribution in [3.05, 3.63) is 47.2 Å². The van der Waals surface area contributed by atoms with E-state index in [0.29, 0.717) is 16.6 Å². The van der Waals surface area contributed by atoms with E-state index in [2.05, 4.69) is 15.3 Å². The minimum absolute atomic E-state index is 0.157. The maximum absolute atomic E-state index is 11.8. The summed E-state index contributed by atoms with van der Waals surface area (Å²) in [6.45, 7) is 1.79. The molecule has 0 fully saturated rings. The lowest BCUT2D eigenvalue weighted by atomic mass is 10.4. The average Bonchev–Trinajstić information content (AvgIpc) is 2.36. The van der Waals surface area contributed by atoms with Gasteiger partial charge in [0.05, 0.1) is 5.75 Å². The highest BCUT2D eigenvalue weighted by Gasteiger charge is 2.06. The van der Waals surface area contributed by atoms with Crippen molar-refractivity contribution >= 4 is 35.2 Å². The van der Waals surface area contributed by atoms with Crippen LogP contribution in [0.5, 0.6) is 0 Å². The highest BCUT2D eigenvalue weighted by atomic mass is 35.5. The van der Waals surface area contributed by atoms with Crippen LogP contribution in [0.2, 0.25) is 5.15 Å². The van der Waals surface area contributed by atoms with E-state index in [1.165, 1.54) is 11.8 Å². The molecule has 0 aliphatic heterocycles. The summed E-state index contributed by atoms with van der Waals surface area (Å²) in [6, 6.07) is 11.4. The second-order valence-electron chi connectivity index (χ2n) is 3.81. The number of thioether (sulfide) groups is 1. The number of amides is 1. The summed E-state index contributed by atoms with van der Waals surface area (Å²) < 4.78 is 0. The lowest BCUT2D eigenvalue weighted by Gasteiger charge is -2.04. The van der Waals surface area contributed by atoms with Gasteiger partial charge in [-0.25, -0.2) is 9.97 Å². The molecule has 2 aromatic rings. The lowest BCUT2D eigenvalue weighted by Crippen LogP contribution is -2.16.